The van der Waals surface area contributed by atoms with Crippen LogP contribution >= 0.6 is 11.7 Å². The third kappa shape index (κ3) is 5.01. The number of carbonyl (C=O) groups is 1. The summed E-state index contributed by atoms with van der Waals surface area (Å²) >= 11 is 0.965. The lowest BCUT2D eigenvalue weighted by molar-refractivity contribution is -0.117. The van der Waals surface area contributed by atoms with Crippen LogP contribution < -0.4 is 10.1 Å². The SMILES string of the molecule is O=C(CN1CCN(S(=O)(=O)c2cccc3nsnc23)CC1)Nc1ccc(OC(F)F)cc1. The molecule has 0 atom stereocenters. The van der Waals surface area contributed by atoms with Crippen molar-refractivity contribution in [2.24, 2.45) is 0 Å². The zero-order valence-corrected chi connectivity index (χ0v) is 18.3. The molecule has 0 saturated carbocycles. The van der Waals surface area contributed by atoms with Crippen LogP contribution in [0, 0.1) is 0 Å². The summed E-state index contributed by atoms with van der Waals surface area (Å²) in [4.78, 5) is 14.3. The number of rotatable bonds is 7. The molecule has 4 rings (SSSR count). The van der Waals surface area contributed by atoms with Crippen molar-refractivity contribution in [3.8, 4) is 5.75 Å². The smallest absolute Gasteiger partial charge is 0.387 e. The molecule has 1 aromatic heterocycles. The maximum absolute atomic E-state index is 13.1. The Morgan fingerprint density at radius 1 is 1.09 bits per heavy atom. The average molecular weight is 484 g/mol. The minimum atomic E-state index is -3.73. The molecule has 9 nitrogen and oxygen atoms in total. The van der Waals surface area contributed by atoms with Gasteiger partial charge < -0.3 is 10.1 Å². The first-order chi connectivity index (χ1) is 15.3. The third-order valence-electron chi connectivity index (χ3n) is 4.93. The lowest BCUT2D eigenvalue weighted by Gasteiger charge is -2.33. The fourth-order valence-electron chi connectivity index (χ4n) is 3.38. The molecule has 1 aliphatic heterocycles. The van der Waals surface area contributed by atoms with Gasteiger partial charge >= 0.3 is 6.61 Å². The first-order valence-electron chi connectivity index (χ1n) is 9.61. The second-order valence-corrected chi connectivity index (χ2v) is 9.45. The summed E-state index contributed by atoms with van der Waals surface area (Å²) in [5.41, 5.74) is 1.35. The second kappa shape index (κ2) is 9.40. The van der Waals surface area contributed by atoms with Gasteiger partial charge in [-0.1, -0.05) is 6.07 Å². The van der Waals surface area contributed by atoms with Gasteiger partial charge in [0.25, 0.3) is 0 Å². The third-order valence-corrected chi connectivity index (χ3v) is 7.40. The molecular weight excluding hydrogens is 464 g/mol. The highest BCUT2D eigenvalue weighted by molar-refractivity contribution is 7.89. The second-order valence-electron chi connectivity index (χ2n) is 7.02. The van der Waals surface area contributed by atoms with Gasteiger partial charge in [0.05, 0.1) is 18.3 Å². The molecule has 1 aliphatic rings. The molecule has 2 heterocycles. The number of hydrogen-bond donors (Lipinski definition) is 1. The molecule has 0 unspecified atom stereocenters. The van der Waals surface area contributed by atoms with Gasteiger partial charge in [0.15, 0.2) is 0 Å². The summed E-state index contributed by atoms with van der Waals surface area (Å²) in [7, 11) is -3.73. The Balaban J connectivity index is 1.32. The maximum Gasteiger partial charge on any atom is 0.387 e. The predicted molar refractivity (Wildman–Crippen MR) is 114 cm³/mol. The van der Waals surface area contributed by atoms with Crippen molar-refractivity contribution in [2.75, 3.05) is 38.0 Å². The monoisotopic (exact) mass is 483 g/mol. The number of anilines is 1. The molecule has 0 spiro atoms. The van der Waals surface area contributed by atoms with Crippen LogP contribution in [0.4, 0.5) is 14.5 Å². The minimum Gasteiger partial charge on any atom is -0.435 e. The quantitative estimate of drug-likeness (QED) is 0.550. The van der Waals surface area contributed by atoms with Gasteiger partial charge in [-0.25, -0.2) is 8.42 Å². The Bertz CT molecular complexity index is 1200. The van der Waals surface area contributed by atoms with Crippen LogP contribution in [0.15, 0.2) is 47.4 Å². The van der Waals surface area contributed by atoms with Gasteiger partial charge in [0.1, 0.15) is 21.7 Å². The molecule has 1 N–H and O–H groups in total. The summed E-state index contributed by atoms with van der Waals surface area (Å²) in [6, 6.07) is 10.5. The molecule has 1 saturated heterocycles. The number of sulfonamides is 1. The molecule has 3 aromatic rings. The van der Waals surface area contributed by atoms with E-state index in [2.05, 4.69) is 18.8 Å². The number of ether oxygens (including phenoxy) is 1. The van der Waals surface area contributed by atoms with E-state index in [0.717, 1.165) is 11.7 Å². The molecule has 0 aliphatic carbocycles. The van der Waals surface area contributed by atoms with Gasteiger partial charge in [-0.15, -0.1) is 0 Å². The normalized spacial score (nSPS) is 15.8. The lowest BCUT2D eigenvalue weighted by atomic mass is 10.3. The molecule has 2 aromatic carbocycles. The average Bonchev–Trinajstić information content (AvgIpc) is 3.24. The molecule has 32 heavy (non-hydrogen) atoms. The van der Waals surface area contributed by atoms with Crippen LogP contribution in [0.25, 0.3) is 11.0 Å². The number of carbonyl (C=O) groups excluding carboxylic acids is 1. The number of amides is 1. The molecule has 1 fully saturated rings. The zero-order valence-electron chi connectivity index (χ0n) is 16.6. The van der Waals surface area contributed by atoms with Crippen LogP contribution in [0.3, 0.4) is 0 Å². The van der Waals surface area contributed by atoms with E-state index in [-0.39, 0.29) is 36.2 Å². The van der Waals surface area contributed by atoms with E-state index in [0.29, 0.717) is 29.8 Å². The van der Waals surface area contributed by atoms with Crippen molar-refractivity contribution in [1.82, 2.24) is 18.0 Å². The number of piperazine rings is 1. The highest BCUT2D eigenvalue weighted by Crippen LogP contribution is 2.25. The number of halogens is 2. The lowest BCUT2D eigenvalue weighted by Crippen LogP contribution is -2.50. The summed E-state index contributed by atoms with van der Waals surface area (Å²) in [6.45, 7) is -1.58. The fraction of sp³-hybridized carbons (Fsp3) is 0.316. The van der Waals surface area contributed by atoms with E-state index in [1.54, 1.807) is 12.1 Å². The van der Waals surface area contributed by atoms with Crippen LogP contribution in [0.2, 0.25) is 0 Å². The number of nitrogens with zero attached hydrogens (tertiary/aromatic N) is 4. The van der Waals surface area contributed by atoms with E-state index in [4.69, 9.17) is 0 Å². The van der Waals surface area contributed by atoms with Gasteiger partial charge in [-0.05, 0) is 36.4 Å². The summed E-state index contributed by atoms with van der Waals surface area (Å²) in [5, 5.41) is 2.68. The fourth-order valence-corrected chi connectivity index (χ4v) is 5.55. The van der Waals surface area contributed by atoms with E-state index in [9.17, 15) is 22.0 Å². The zero-order chi connectivity index (χ0) is 22.7. The largest absolute Gasteiger partial charge is 0.435 e. The summed E-state index contributed by atoms with van der Waals surface area (Å²) in [6.07, 6.45) is 0. The summed E-state index contributed by atoms with van der Waals surface area (Å²) < 4.78 is 64.4. The maximum atomic E-state index is 13.1. The van der Waals surface area contributed by atoms with E-state index >= 15 is 0 Å². The van der Waals surface area contributed by atoms with Gasteiger partial charge in [0.2, 0.25) is 15.9 Å². The molecule has 1 amide bonds. The van der Waals surface area contributed by atoms with Gasteiger partial charge in [0, 0.05) is 31.9 Å². The Hall–Kier alpha value is -2.74. The number of aromatic nitrogens is 2. The van der Waals surface area contributed by atoms with Crippen molar-refractivity contribution in [3.63, 3.8) is 0 Å². The molecular formula is C19H19F2N5O4S2. The van der Waals surface area contributed by atoms with Gasteiger partial charge in [-0.2, -0.15) is 21.8 Å². The number of alkyl halides is 2. The standard InChI is InChI=1S/C19H19F2N5O4S2/c20-19(21)30-14-6-4-13(5-7-14)22-17(27)12-25-8-10-26(11-9-25)32(28,29)16-3-1-2-15-18(16)24-31-23-15/h1-7,19H,8-12H2,(H,22,27). The van der Waals surface area contributed by atoms with Crippen molar-refractivity contribution in [1.29, 1.82) is 0 Å². The van der Waals surface area contributed by atoms with Crippen LogP contribution in [0.1, 0.15) is 0 Å². The number of hydrogen-bond acceptors (Lipinski definition) is 8. The van der Waals surface area contributed by atoms with E-state index in [1.807, 2.05) is 4.90 Å². The van der Waals surface area contributed by atoms with Crippen molar-refractivity contribution in [2.45, 2.75) is 11.5 Å². The van der Waals surface area contributed by atoms with Crippen LogP contribution in [-0.2, 0) is 14.8 Å². The Morgan fingerprint density at radius 3 is 2.50 bits per heavy atom. The Labute approximate surface area is 187 Å². The number of benzene rings is 2. The van der Waals surface area contributed by atoms with E-state index < -0.39 is 16.6 Å². The first-order valence-corrected chi connectivity index (χ1v) is 11.8. The van der Waals surface area contributed by atoms with E-state index in [1.165, 1.54) is 34.6 Å². The predicted octanol–water partition coefficient (Wildman–Crippen LogP) is 2.24. The van der Waals surface area contributed by atoms with Crippen LogP contribution in [-0.4, -0.2) is 71.6 Å². The van der Waals surface area contributed by atoms with Gasteiger partial charge in [-0.3, -0.25) is 9.69 Å². The molecule has 170 valence electrons. The van der Waals surface area contributed by atoms with Crippen molar-refractivity contribution >= 4 is 44.4 Å². The van der Waals surface area contributed by atoms with Crippen LogP contribution in [0.5, 0.6) is 5.75 Å². The minimum absolute atomic E-state index is 0.000505. The Kier molecular flexibility index (Phi) is 6.60. The molecule has 0 radical (unpaired) electrons. The molecule has 13 heteroatoms. The highest BCUT2D eigenvalue weighted by atomic mass is 32.2. The summed E-state index contributed by atoms with van der Waals surface area (Å²) in [5.74, 6) is -0.290. The van der Waals surface area contributed by atoms with Crippen molar-refractivity contribution < 1.29 is 26.7 Å². The Morgan fingerprint density at radius 2 is 1.81 bits per heavy atom. The number of nitrogens with one attached hydrogen (secondary N) is 1. The molecule has 0 bridgehead atoms. The highest BCUT2D eigenvalue weighted by Gasteiger charge is 2.31. The number of fused-ring (bicyclic) bond motifs is 1. The van der Waals surface area contributed by atoms with Crippen molar-refractivity contribution in [3.05, 3.63) is 42.5 Å². The first kappa shape index (κ1) is 22.5. The topological polar surface area (TPSA) is 105 Å².